The maximum atomic E-state index is 10.9. The van der Waals surface area contributed by atoms with Crippen LogP contribution in [-0.2, 0) is 0 Å². The molecule has 0 aliphatic carbocycles. The van der Waals surface area contributed by atoms with Crippen LogP contribution in [0.2, 0.25) is 0 Å². The van der Waals surface area contributed by atoms with Gasteiger partial charge in [0.2, 0.25) is 0 Å². The third-order valence-corrected chi connectivity index (χ3v) is 1.89. The fourth-order valence-electron chi connectivity index (χ4n) is 1.12. The van der Waals surface area contributed by atoms with E-state index in [1.807, 2.05) is 0 Å². The Hall–Kier alpha value is -2.02. The van der Waals surface area contributed by atoms with Crippen molar-refractivity contribution in [1.82, 2.24) is 4.98 Å². The van der Waals surface area contributed by atoms with Gasteiger partial charge in [-0.3, -0.25) is 4.98 Å². The molecule has 0 spiro atoms. The molecule has 1 heterocycles. The van der Waals surface area contributed by atoms with Gasteiger partial charge in [-0.15, -0.1) is 6.42 Å². The van der Waals surface area contributed by atoms with E-state index in [0.717, 1.165) is 5.69 Å². The zero-order valence-electron chi connectivity index (χ0n) is 8.61. The molecule has 1 aromatic heterocycles. The number of aromatic carboxylic acids is 1. The van der Waals surface area contributed by atoms with Crippen molar-refractivity contribution in [3.05, 3.63) is 23.5 Å². The molecular weight excluding hydrogens is 192 g/mol. The highest BCUT2D eigenvalue weighted by atomic mass is 16.4. The summed E-state index contributed by atoms with van der Waals surface area (Å²) in [6.07, 6.45) is 6.53. The summed E-state index contributed by atoms with van der Waals surface area (Å²) in [4.78, 5) is 14.8. The van der Waals surface area contributed by atoms with Gasteiger partial charge in [-0.1, -0.05) is 5.92 Å². The van der Waals surface area contributed by atoms with Crippen molar-refractivity contribution in [3.8, 4) is 12.3 Å². The Kier molecular flexibility index (Phi) is 3.29. The van der Waals surface area contributed by atoms with Gasteiger partial charge in [-0.2, -0.15) is 0 Å². The monoisotopic (exact) mass is 204 g/mol. The van der Waals surface area contributed by atoms with Crippen LogP contribution in [0.3, 0.4) is 0 Å². The van der Waals surface area contributed by atoms with Crippen LogP contribution in [-0.4, -0.2) is 22.1 Å². The molecule has 15 heavy (non-hydrogen) atoms. The van der Waals surface area contributed by atoms with Crippen LogP contribution in [0.5, 0.6) is 0 Å². The number of carbonyl (C=O) groups is 1. The van der Waals surface area contributed by atoms with E-state index in [9.17, 15) is 4.79 Å². The van der Waals surface area contributed by atoms with Gasteiger partial charge < -0.3 is 10.4 Å². The van der Waals surface area contributed by atoms with Gasteiger partial charge in [-0.05, 0) is 19.9 Å². The lowest BCUT2D eigenvalue weighted by atomic mass is 10.2. The summed E-state index contributed by atoms with van der Waals surface area (Å²) in [5.74, 6) is 1.46. The predicted octanol–water partition coefficient (Wildman–Crippen LogP) is 1.52. The number of aryl methyl sites for hydroxylation is 1. The van der Waals surface area contributed by atoms with Gasteiger partial charge in [0.15, 0.2) is 0 Å². The molecule has 0 aliphatic heterocycles. The molecule has 0 saturated heterocycles. The van der Waals surface area contributed by atoms with Crippen LogP contribution in [0.4, 0.5) is 5.69 Å². The number of nitrogens with zero attached hydrogens (tertiary/aromatic N) is 1. The second-order valence-electron chi connectivity index (χ2n) is 3.21. The van der Waals surface area contributed by atoms with Gasteiger partial charge in [0.25, 0.3) is 0 Å². The molecule has 0 fully saturated rings. The predicted molar refractivity (Wildman–Crippen MR) is 57.9 cm³/mol. The zero-order chi connectivity index (χ0) is 11.4. The third kappa shape index (κ3) is 2.71. The van der Waals surface area contributed by atoms with Crippen LogP contribution >= 0.6 is 0 Å². The first-order valence-electron chi connectivity index (χ1n) is 4.47. The summed E-state index contributed by atoms with van der Waals surface area (Å²) < 4.78 is 0. The Labute approximate surface area is 88.3 Å². The van der Waals surface area contributed by atoms with Crippen molar-refractivity contribution in [3.63, 3.8) is 0 Å². The Morgan fingerprint density at radius 2 is 2.40 bits per heavy atom. The summed E-state index contributed by atoms with van der Waals surface area (Å²) in [5.41, 5.74) is 1.37. The number of nitrogens with one attached hydrogen (secondary N) is 1. The molecule has 0 amide bonds. The summed E-state index contributed by atoms with van der Waals surface area (Å²) in [7, 11) is 0. The first kappa shape index (κ1) is 11.1. The van der Waals surface area contributed by atoms with Crippen molar-refractivity contribution < 1.29 is 9.90 Å². The number of anilines is 1. The number of carboxylic acid groups (broad SMARTS) is 1. The van der Waals surface area contributed by atoms with Crippen LogP contribution in [0.25, 0.3) is 0 Å². The van der Waals surface area contributed by atoms with Crippen molar-refractivity contribution >= 4 is 11.7 Å². The molecular formula is C11H12N2O2. The topological polar surface area (TPSA) is 62.2 Å². The quantitative estimate of drug-likeness (QED) is 0.733. The van der Waals surface area contributed by atoms with E-state index in [1.165, 1.54) is 6.20 Å². The summed E-state index contributed by atoms with van der Waals surface area (Å²) in [6, 6.07) is 1.45. The van der Waals surface area contributed by atoms with Gasteiger partial charge >= 0.3 is 5.97 Å². The van der Waals surface area contributed by atoms with E-state index in [1.54, 1.807) is 19.9 Å². The lowest BCUT2D eigenvalue weighted by Crippen LogP contribution is -2.15. The molecule has 0 saturated carbocycles. The highest BCUT2D eigenvalue weighted by molar-refractivity contribution is 5.94. The molecule has 0 aromatic carbocycles. The molecule has 1 atom stereocenters. The molecule has 0 bridgehead atoms. The number of rotatable bonds is 3. The van der Waals surface area contributed by atoms with Crippen LogP contribution in [0, 0.1) is 19.3 Å². The second-order valence-corrected chi connectivity index (χ2v) is 3.21. The number of aromatic nitrogens is 1. The molecule has 1 rings (SSSR count). The van der Waals surface area contributed by atoms with Gasteiger partial charge in [0.05, 0.1) is 11.7 Å². The van der Waals surface area contributed by atoms with E-state index < -0.39 is 5.97 Å². The van der Waals surface area contributed by atoms with E-state index >= 15 is 0 Å². The van der Waals surface area contributed by atoms with Gasteiger partial charge in [-0.25, -0.2) is 4.79 Å². The SMILES string of the molecule is C#CC(C)Nc1cc(C)ncc1C(=O)O. The number of terminal acetylenes is 1. The number of pyridine rings is 1. The summed E-state index contributed by atoms with van der Waals surface area (Å²) >= 11 is 0. The Balaban J connectivity index is 3.08. The maximum absolute atomic E-state index is 10.9. The van der Waals surface area contributed by atoms with Crippen LogP contribution in [0.1, 0.15) is 23.0 Å². The van der Waals surface area contributed by atoms with Crippen molar-refractivity contribution in [2.24, 2.45) is 0 Å². The maximum Gasteiger partial charge on any atom is 0.339 e. The van der Waals surface area contributed by atoms with Crippen LogP contribution in [0.15, 0.2) is 12.3 Å². The fraction of sp³-hybridized carbons (Fsp3) is 0.273. The van der Waals surface area contributed by atoms with Gasteiger partial charge in [0.1, 0.15) is 5.56 Å². The average molecular weight is 204 g/mol. The minimum Gasteiger partial charge on any atom is -0.478 e. The number of carboxylic acids is 1. The largest absolute Gasteiger partial charge is 0.478 e. The highest BCUT2D eigenvalue weighted by Crippen LogP contribution is 2.16. The Morgan fingerprint density at radius 3 is 2.93 bits per heavy atom. The Bertz CT molecular complexity index is 421. The molecule has 4 heteroatoms. The first-order chi connectivity index (χ1) is 7.04. The molecule has 78 valence electrons. The fourth-order valence-corrected chi connectivity index (χ4v) is 1.12. The molecule has 1 aromatic rings. The standard InChI is InChI=1S/C11H12N2O2/c1-4-7(2)13-10-5-8(3)12-6-9(10)11(14)15/h1,5-7H,2-3H3,(H,12,13)(H,14,15). The summed E-state index contributed by atoms with van der Waals surface area (Å²) in [6.45, 7) is 3.57. The highest BCUT2D eigenvalue weighted by Gasteiger charge is 2.11. The van der Waals surface area contributed by atoms with Crippen molar-refractivity contribution in [2.45, 2.75) is 19.9 Å². The average Bonchev–Trinajstić information content (AvgIpc) is 2.17. The van der Waals surface area contributed by atoms with Crippen molar-refractivity contribution in [2.75, 3.05) is 5.32 Å². The Morgan fingerprint density at radius 1 is 1.73 bits per heavy atom. The second kappa shape index (κ2) is 4.47. The van der Waals surface area contributed by atoms with E-state index in [-0.39, 0.29) is 11.6 Å². The minimum absolute atomic E-state index is 0.128. The number of hydrogen-bond acceptors (Lipinski definition) is 3. The third-order valence-electron chi connectivity index (χ3n) is 1.89. The van der Waals surface area contributed by atoms with E-state index in [4.69, 9.17) is 11.5 Å². The number of hydrogen-bond donors (Lipinski definition) is 2. The first-order valence-corrected chi connectivity index (χ1v) is 4.47. The lowest BCUT2D eigenvalue weighted by molar-refractivity contribution is 0.0697. The molecule has 4 nitrogen and oxygen atoms in total. The zero-order valence-corrected chi connectivity index (χ0v) is 8.61. The molecule has 2 N–H and O–H groups in total. The molecule has 0 aliphatic rings. The molecule has 0 radical (unpaired) electrons. The smallest absolute Gasteiger partial charge is 0.339 e. The minimum atomic E-state index is -1.02. The summed E-state index contributed by atoms with van der Waals surface area (Å²) in [5, 5.41) is 11.8. The van der Waals surface area contributed by atoms with Crippen LogP contribution < -0.4 is 5.32 Å². The van der Waals surface area contributed by atoms with E-state index in [0.29, 0.717) is 5.69 Å². The molecule has 1 unspecified atom stereocenters. The van der Waals surface area contributed by atoms with E-state index in [2.05, 4.69) is 16.2 Å². The van der Waals surface area contributed by atoms with Crippen molar-refractivity contribution in [1.29, 1.82) is 0 Å². The lowest BCUT2D eigenvalue weighted by Gasteiger charge is -2.12. The van der Waals surface area contributed by atoms with Gasteiger partial charge in [0, 0.05) is 11.9 Å². The normalized spacial score (nSPS) is 11.5.